The van der Waals surface area contributed by atoms with Crippen LogP contribution < -0.4 is 0 Å². The van der Waals surface area contributed by atoms with Crippen molar-refractivity contribution in [3.8, 4) is 6.07 Å². The van der Waals surface area contributed by atoms with Crippen molar-refractivity contribution >= 4 is 0 Å². The average Bonchev–Trinajstić information content (AvgIpc) is 2.16. The van der Waals surface area contributed by atoms with Crippen molar-refractivity contribution in [1.29, 1.82) is 5.26 Å². The van der Waals surface area contributed by atoms with E-state index in [1.165, 1.54) is 6.07 Å². The summed E-state index contributed by atoms with van der Waals surface area (Å²) in [7, 11) is 0. The average molecular weight is 226 g/mol. The molecule has 1 heterocycles. The quantitative estimate of drug-likeness (QED) is 0.737. The third kappa shape index (κ3) is 1.64. The number of halogens is 3. The van der Waals surface area contributed by atoms with Crippen LogP contribution in [0.4, 0.5) is 13.2 Å². The minimum Gasteiger partial charge on any atom is -0.252 e. The van der Waals surface area contributed by atoms with Crippen LogP contribution in [-0.2, 0) is 11.6 Å². The fraction of sp³-hybridized carbons (Fsp3) is 0.455. The van der Waals surface area contributed by atoms with Crippen LogP contribution in [0.1, 0.15) is 30.5 Å². The highest BCUT2D eigenvalue weighted by Gasteiger charge is 2.41. The molecule has 16 heavy (non-hydrogen) atoms. The van der Waals surface area contributed by atoms with Crippen molar-refractivity contribution in [3.05, 3.63) is 29.6 Å². The molecule has 5 heteroatoms. The molecule has 0 spiro atoms. The first-order valence-electron chi connectivity index (χ1n) is 4.93. The minimum absolute atomic E-state index is 0.434. The Balaban J connectivity index is 2.41. The number of aromatic nitrogens is 1. The zero-order chi connectivity index (χ0) is 11.8. The number of rotatable bonds is 1. The second-order valence-corrected chi connectivity index (χ2v) is 3.97. The maximum Gasteiger partial charge on any atom is 0.433 e. The molecular formula is C11H9F3N2. The molecule has 0 N–H and O–H groups in total. The van der Waals surface area contributed by atoms with Crippen molar-refractivity contribution < 1.29 is 13.2 Å². The molecule has 0 saturated heterocycles. The predicted molar refractivity (Wildman–Crippen MR) is 50.4 cm³/mol. The number of hydrogen-bond acceptors (Lipinski definition) is 2. The third-order valence-electron chi connectivity index (χ3n) is 3.02. The first-order chi connectivity index (χ1) is 7.48. The summed E-state index contributed by atoms with van der Waals surface area (Å²) in [6.45, 7) is 0. The van der Waals surface area contributed by atoms with Crippen LogP contribution in [-0.4, -0.2) is 4.98 Å². The van der Waals surface area contributed by atoms with Crippen LogP contribution in [0.3, 0.4) is 0 Å². The molecule has 0 aliphatic heterocycles. The summed E-state index contributed by atoms with van der Waals surface area (Å²) in [6, 6.07) is 4.60. The Labute approximate surface area is 90.7 Å². The summed E-state index contributed by atoms with van der Waals surface area (Å²) >= 11 is 0. The van der Waals surface area contributed by atoms with E-state index in [1.54, 1.807) is 0 Å². The summed E-state index contributed by atoms with van der Waals surface area (Å²) in [4.78, 5) is 3.28. The molecule has 2 rings (SSSR count). The Morgan fingerprint density at radius 2 is 2.06 bits per heavy atom. The van der Waals surface area contributed by atoms with Gasteiger partial charge >= 0.3 is 6.18 Å². The second-order valence-electron chi connectivity index (χ2n) is 3.97. The van der Waals surface area contributed by atoms with Gasteiger partial charge in [-0.3, -0.25) is 4.98 Å². The fourth-order valence-corrected chi connectivity index (χ4v) is 1.88. The van der Waals surface area contributed by atoms with Gasteiger partial charge in [0.2, 0.25) is 0 Å². The zero-order valence-corrected chi connectivity index (χ0v) is 8.38. The van der Waals surface area contributed by atoms with Gasteiger partial charge in [0.1, 0.15) is 5.69 Å². The molecule has 1 saturated carbocycles. The Morgan fingerprint density at radius 1 is 1.38 bits per heavy atom. The predicted octanol–water partition coefficient (Wildman–Crippen LogP) is 3.05. The highest BCUT2D eigenvalue weighted by Crippen LogP contribution is 2.43. The SMILES string of the molecule is N#CC1(c2ccnc(C(F)(F)F)c2)CCC1. The van der Waals surface area contributed by atoms with Crippen LogP contribution in [0.2, 0.25) is 0 Å². The summed E-state index contributed by atoms with van der Waals surface area (Å²) in [5, 5.41) is 9.03. The first kappa shape index (κ1) is 10.9. The van der Waals surface area contributed by atoms with Crippen molar-refractivity contribution in [2.24, 2.45) is 0 Å². The lowest BCUT2D eigenvalue weighted by Gasteiger charge is -2.35. The van der Waals surface area contributed by atoms with Crippen molar-refractivity contribution in [2.75, 3.05) is 0 Å². The maximum atomic E-state index is 12.4. The molecule has 2 nitrogen and oxygen atoms in total. The topological polar surface area (TPSA) is 36.7 Å². The minimum atomic E-state index is -4.45. The van der Waals surface area contributed by atoms with Gasteiger partial charge in [-0.05, 0) is 37.0 Å². The monoisotopic (exact) mass is 226 g/mol. The largest absolute Gasteiger partial charge is 0.433 e. The van der Waals surface area contributed by atoms with E-state index < -0.39 is 17.3 Å². The van der Waals surface area contributed by atoms with Crippen molar-refractivity contribution in [3.63, 3.8) is 0 Å². The van der Waals surface area contributed by atoms with Crippen molar-refractivity contribution in [2.45, 2.75) is 30.9 Å². The van der Waals surface area contributed by atoms with E-state index in [9.17, 15) is 13.2 Å². The van der Waals surface area contributed by atoms with Crippen LogP contribution in [0, 0.1) is 11.3 Å². The number of hydrogen-bond donors (Lipinski definition) is 0. The summed E-state index contributed by atoms with van der Waals surface area (Å²) in [5.41, 5.74) is -1.21. The van der Waals surface area contributed by atoms with Gasteiger partial charge in [-0.25, -0.2) is 0 Å². The summed E-state index contributed by atoms with van der Waals surface area (Å²) < 4.78 is 37.3. The highest BCUT2D eigenvalue weighted by atomic mass is 19.4. The zero-order valence-electron chi connectivity index (χ0n) is 8.38. The molecule has 1 aromatic heterocycles. The van der Waals surface area contributed by atoms with E-state index in [2.05, 4.69) is 11.1 Å². The molecular weight excluding hydrogens is 217 g/mol. The number of pyridine rings is 1. The van der Waals surface area contributed by atoms with E-state index >= 15 is 0 Å². The van der Waals surface area contributed by atoms with Crippen LogP contribution >= 0.6 is 0 Å². The smallest absolute Gasteiger partial charge is 0.252 e. The Hall–Kier alpha value is -1.57. The molecule has 1 aromatic rings. The van der Waals surface area contributed by atoms with Crippen LogP contribution in [0.5, 0.6) is 0 Å². The maximum absolute atomic E-state index is 12.4. The van der Waals surface area contributed by atoms with Crippen LogP contribution in [0.25, 0.3) is 0 Å². The number of nitrogens with zero attached hydrogens (tertiary/aromatic N) is 2. The lowest BCUT2D eigenvalue weighted by molar-refractivity contribution is -0.141. The van der Waals surface area contributed by atoms with E-state index in [1.807, 2.05) is 0 Å². The standard InChI is InChI=1S/C11H9F3N2/c12-11(13,14)9-6-8(2-5-16-9)10(7-15)3-1-4-10/h2,5-6H,1,3-4H2. The number of nitriles is 1. The molecule has 1 aliphatic rings. The van der Waals surface area contributed by atoms with Crippen molar-refractivity contribution in [1.82, 2.24) is 4.98 Å². The second kappa shape index (κ2) is 3.48. The molecule has 0 atom stereocenters. The molecule has 0 unspecified atom stereocenters. The third-order valence-corrected chi connectivity index (χ3v) is 3.02. The Kier molecular flexibility index (Phi) is 2.38. The van der Waals surface area contributed by atoms with Gasteiger partial charge in [-0.1, -0.05) is 0 Å². The molecule has 0 amide bonds. The van der Waals surface area contributed by atoms with E-state index in [0.29, 0.717) is 18.4 Å². The molecule has 0 radical (unpaired) electrons. The lowest BCUT2D eigenvalue weighted by Crippen LogP contribution is -2.32. The Bertz CT molecular complexity index is 441. The lowest BCUT2D eigenvalue weighted by atomic mass is 9.66. The van der Waals surface area contributed by atoms with E-state index in [4.69, 9.17) is 5.26 Å². The Morgan fingerprint density at radius 3 is 2.50 bits per heavy atom. The first-order valence-corrected chi connectivity index (χ1v) is 4.93. The van der Waals surface area contributed by atoms with Gasteiger partial charge in [0.25, 0.3) is 0 Å². The van der Waals surface area contributed by atoms with Crippen LogP contribution in [0.15, 0.2) is 18.3 Å². The van der Waals surface area contributed by atoms with E-state index in [0.717, 1.165) is 18.7 Å². The van der Waals surface area contributed by atoms with Gasteiger partial charge in [-0.2, -0.15) is 18.4 Å². The van der Waals surface area contributed by atoms with Gasteiger partial charge in [0.15, 0.2) is 0 Å². The number of alkyl halides is 3. The highest BCUT2D eigenvalue weighted by molar-refractivity contribution is 5.35. The fourth-order valence-electron chi connectivity index (χ4n) is 1.88. The summed E-state index contributed by atoms with van der Waals surface area (Å²) in [5.74, 6) is 0. The molecule has 1 aliphatic carbocycles. The normalized spacial score (nSPS) is 18.6. The molecule has 1 fully saturated rings. The molecule has 84 valence electrons. The van der Waals surface area contributed by atoms with E-state index in [-0.39, 0.29) is 0 Å². The van der Waals surface area contributed by atoms with Gasteiger partial charge in [0.05, 0.1) is 11.5 Å². The van der Waals surface area contributed by atoms with Gasteiger partial charge in [0, 0.05) is 6.20 Å². The summed E-state index contributed by atoms with van der Waals surface area (Å²) in [6.07, 6.45) is -1.18. The van der Waals surface area contributed by atoms with Gasteiger partial charge < -0.3 is 0 Å². The van der Waals surface area contributed by atoms with Gasteiger partial charge in [-0.15, -0.1) is 0 Å². The molecule has 0 bridgehead atoms. The molecule has 0 aromatic carbocycles.